The minimum Gasteiger partial charge on any atom is -0.368 e. The molecule has 5 heterocycles. The van der Waals surface area contributed by atoms with Crippen LogP contribution < -0.4 is 16.0 Å². The lowest BCUT2D eigenvalue weighted by Crippen LogP contribution is -2.46. The number of anilines is 3. The number of aromatic nitrogens is 5. The first-order valence-corrected chi connectivity index (χ1v) is 10.3. The van der Waals surface area contributed by atoms with Gasteiger partial charge in [0.1, 0.15) is 11.4 Å². The number of hydrogen-bond donors (Lipinski definition) is 2. The van der Waals surface area contributed by atoms with Crippen molar-refractivity contribution in [2.75, 3.05) is 23.3 Å². The zero-order valence-corrected chi connectivity index (χ0v) is 17.1. The molecule has 0 aromatic carbocycles. The molecule has 5 rings (SSSR count). The Balaban J connectivity index is 1.50. The van der Waals surface area contributed by atoms with E-state index in [4.69, 9.17) is 5.73 Å². The van der Waals surface area contributed by atoms with Crippen LogP contribution in [0.2, 0.25) is 0 Å². The van der Waals surface area contributed by atoms with Crippen molar-refractivity contribution in [2.45, 2.75) is 19.4 Å². The highest BCUT2D eigenvalue weighted by atomic mass is 19.1. The lowest BCUT2D eigenvalue weighted by atomic mass is 9.96. The molecule has 3 N–H and O–H groups in total. The van der Waals surface area contributed by atoms with E-state index in [1.54, 1.807) is 41.4 Å². The molecule has 0 saturated carbocycles. The Morgan fingerprint density at radius 3 is 2.84 bits per heavy atom. The van der Waals surface area contributed by atoms with Crippen molar-refractivity contribution in [1.82, 2.24) is 24.6 Å². The average Bonchev–Trinajstić information content (AvgIpc) is 3.16. The third-order valence-corrected chi connectivity index (χ3v) is 5.46. The number of imidazole rings is 1. The predicted octanol–water partition coefficient (Wildman–Crippen LogP) is 3.24. The molecule has 1 aliphatic heterocycles. The minimum absolute atomic E-state index is 0.134. The third-order valence-electron chi connectivity index (χ3n) is 5.46. The number of nitrogens with one attached hydrogen (secondary N) is 1. The summed E-state index contributed by atoms with van der Waals surface area (Å²) in [5.74, 6) is 0.598. The Kier molecular flexibility index (Phi) is 4.95. The number of piperidine rings is 1. The normalized spacial score (nSPS) is 19.0. The van der Waals surface area contributed by atoms with Gasteiger partial charge in [0.05, 0.1) is 29.3 Å². The molecule has 0 amide bonds. The van der Waals surface area contributed by atoms with Gasteiger partial charge >= 0.3 is 0 Å². The molecule has 0 spiro atoms. The molecule has 158 valence electrons. The fraction of sp³-hybridized carbons (Fsp3) is 0.273. The van der Waals surface area contributed by atoms with Crippen LogP contribution in [0, 0.1) is 11.7 Å². The SMILES string of the molecule is CC1CC(N)CN(c2ccncc2Nc2ncc3ccc(-c4ncccc4F)nn23)C1. The van der Waals surface area contributed by atoms with E-state index >= 15 is 0 Å². The standard InChI is InChI=1S/C22H23FN8/c1-14-9-15(24)13-30(12-14)20-6-8-25-11-19(20)28-22-27-10-16-4-5-18(29-31(16)22)21-17(23)3-2-7-26-21/h2-8,10-11,14-15H,9,12-13,24H2,1H3,(H,27,28). The maximum atomic E-state index is 14.2. The number of nitrogens with zero attached hydrogens (tertiary/aromatic N) is 6. The minimum atomic E-state index is -0.422. The second-order valence-corrected chi connectivity index (χ2v) is 7.99. The van der Waals surface area contributed by atoms with Crippen LogP contribution in [0.1, 0.15) is 13.3 Å². The molecule has 1 saturated heterocycles. The number of nitrogens with two attached hydrogens (primary N) is 1. The number of fused-ring (bicyclic) bond motifs is 1. The van der Waals surface area contributed by atoms with Gasteiger partial charge in [-0.3, -0.25) is 9.97 Å². The fourth-order valence-corrected chi connectivity index (χ4v) is 4.14. The van der Waals surface area contributed by atoms with Gasteiger partial charge in [-0.05, 0) is 42.7 Å². The summed E-state index contributed by atoms with van der Waals surface area (Å²) in [4.78, 5) is 15.1. The van der Waals surface area contributed by atoms with Crippen LogP contribution in [0.25, 0.3) is 16.9 Å². The number of rotatable bonds is 4. The highest BCUT2D eigenvalue weighted by Crippen LogP contribution is 2.31. The predicted molar refractivity (Wildman–Crippen MR) is 118 cm³/mol. The molecule has 0 radical (unpaired) electrons. The fourth-order valence-electron chi connectivity index (χ4n) is 4.14. The summed E-state index contributed by atoms with van der Waals surface area (Å²) in [5, 5.41) is 7.91. The monoisotopic (exact) mass is 418 g/mol. The molecule has 0 aliphatic carbocycles. The summed E-state index contributed by atoms with van der Waals surface area (Å²) in [6, 6.07) is 8.61. The van der Waals surface area contributed by atoms with Gasteiger partial charge in [0, 0.05) is 31.5 Å². The van der Waals surface area contributed by atoms with Crippen LogP contribution >= 0.6 is 0 Å². The molecule has 0 bridgehead atoms. The lowest BCUT2D eigenvalue weighted by molar-refractivity contribution is 0.402. The van der Waals surface area contributed by atoms with Gasteiger partial charge in [-0.15, -0.1) is 0 Å². The van der Waals surface area contributed by atoms with E-state index in [0.29, 0.717) is 17.6 Å². The van der Waals surface area contributed by atoms with E-state index in [1.165, 1.54) is 6.07 Å². The maximum absolute atomic E-state index is 14.2. The third kappa shape index (κ3) is 3.79. The first-order valence-electron chi connectivity index (χ1n) is 10.3. The second kappa shape index (κ2) is 7.92. The molecule has 1 fully saturated rings. The molecule has 4 aromatic rings. The van der Waals surface area contributed by atoms with Gasteiger partial charge in [-0.2, -0.15) is 9.61 Å². The van der Waals surface area contributed by atoms with Gasteiger partial charge < -0.3 is 16.0 Å². The van der Waals surface area contributed by atoms with Crippen LogP contribution in [0.3, 0.4) is 0 Å². The summed E-state index contributed by atoms with van der Waals surface area (Å²) in [6.45, 7) is 3.92. The van der Waals surface area contributed by atoms with E-state index in [9.17, 15) is 4.39 Å². The maximum Gasteiger partial charge on any atom is 0.229 e. The molecule has 1 aliphatic rings. The van der Waals surface area contributed by atoms with E-state index < -0.39 is 5.82 Å². The first kappa shape index (κ1) is 19.4. The highest BCUT2D eigenvalue weighted by molar-refractivity contribution is 5.73. The topological polar surface area (TPSA) is 97.3 Å². The van der Waals surface area contributed by atoms with E-state index in [-0.39, 0.29) is 11.7 Å². The Hall–Kier alpha value is -3.59. The van der Waals surface area contributed by atoms with Crippen molar-refractivity contribution in [1.29, 1.82) is 0 Å². The van der Waals surface area contributed by atoms with E-state index in [0.717, 1.165) is 36.4 Å². The first-order chi connectivity index (χ1) is 15.1. The Labute approximate surface area is 179 Å². The summed E-state index contributed by atoms with van der Waals surface area (Å²) < 4.78 is 15.8. The van der Waals surface area contributed by atoms with Gasteiger partial charge in [0.25, 0.3) is 0 Å². The molecular weight excluding hydrogens is 395 g/mol. The molecule has 9 heteroatoms. The van der Waals surface area contributed by atoms with Crippen molar-refractivity contribution in [2.24, 2.45) is 11.7 Å². The molecule has 31 heavy (non-hydrogen) atoms. The van der Waals surface area contributed by atoms with Crippen molar-refractivity contribution < 1.29 is 4.39 Å². The summed E-state index contributed by atoms with van der Waals surface area (Å²) in [7, 11) is 0. The largest absolute Gasteiger partial charge is 0.368 e. The van der Waals surface area contributed by atoms with Gasteiger partial charge in [0.15, 0.2) is 5.82 Å². The van der Waals surface area contributed by atoms with Gasteiger partial charge in [-0.1, -0.05) is 6.92 Å². The smallest absolute Gasteiger partial charge is 0.229 e. The Morgan fingerprint density at radius 1 is 1.10 bits per heavy atom. The van der Waals surface area contributed by atoms with Crippen LogP contribution in [0.15, 0.2) is 55.1 Å². The van der Waals surface area contributed by atoms with Gasteiger partial charge in [0.2, 0.25) is 5.95 Å². The molecule has 4 aromatic heterocycles. The molecular formula is C22H23FN8. The second-order valence-electron chi connectivity index (χ2n) is 7.99. The number of halogens is 1. The van der Waals surface area contributed by atoms with Crippen molar-refractivity contribution in [3.63, 3.8) is 0 Å². The van der Waals surface area contributed by atoms with Crippen molar-refractivity contribution in [3.05, 3.63) is 60.9 Å². The highest BCUT2D eigenvalue weighted by Gasteiger charge is 2.24. The summed E-state index contributed by atoms with van der Waals surface area (Å²) in [6.07, 6.45) is 7.82. The molecule has 2 unspecified atom stereocenters. The quantitative estimate of drug-likeness (QED) is 0.525. The molecule has 2 atom stereocenters. The summed E-state index contributed by atoms with van der Waals surface area (Å²) in [5.41, 5.74) is 9.48. The zero-order valence-electron chi connectivity index (χ0n) is 17.1. The number of pyridine rings is 2. The van der Waals surface area contributed by atoms with Crippen molar-refractivity contribution in [3.8, 4) is 11.4 Å². The van der Waals surface area contributed by atoms with Gasteiger partial charge in [-0.25, -0.2) is 9.37 Å². The zero-order chi connectivity index (χ0) is 21.4. The van der Waals surface area contributed by atoms with E-state index in [2.05, 4.69) is 37.2 Å². The van der Waals surface area contributed by atoms with Crippen molar-refractivity contribution >= 4 is 22.8 Å². The van der Waals surface area contributed by atoms with E-state index in [1.807, 2.05) is 12.1 Å². The van der Waals surface area contributed by atoms with Crippen LogP contribution in [0.4, 0.5) is 21.7 Å². The Bertz CT molecular complexity index is 1210. The van der Waals surface area contributed by atoms with Crippen LogP contribution in [0.5, 0.6) is 0 Å². The number of hydrogen-bond acceptors (Lipinski definition) is 7. The Morgan fingerprint density at radius 2 is 2.00 bits per heavy atom. The van der Waals surface area contributed by atoms with Crippen LogP contribution in [-0.4, -0.2) is 43.7 Å². The average molecular weight is 418 g/mol. The van der Waals surface area contributed by atoms with Crippen LogP contribution in [-0.2, 0) is 0 Å². The molecule has 8 nitrogen and oxygen atoms in total. The lowest BCUT2D eigenvalue weighted by Gasteiger charge is -2.37. The summed E-state index contributed by atoms with van der Waals surface area (Å²) >= 11 is 0.